The molecule has 2 unspecified atom stereocenters. The fourth-order valence-corrected chi connectivity index (χ4v) is 5.63. The number of nitrogens with one attached hydrogen (secondary N) is 2. The number of hydrogen-bond acceptors (Lipinski definition) is 4. The van der Waals surface area contributed by atoms with Crippen LogP contribution in [0.3, 0.4) is 0 Å². The third kappa shape index (κ3) is 4.30. The van der Waals surface area contributed by atoms with Crippen molar-refractivity contribution in [3.63, 3.8) is 0 Å². The van der Waals surface area contributed by atoms with Gasteiger partial charge in [0.05, 0.1) is 5.41 Å². The number of piperidine rings is 1. The van der Waals surface area contributed by atoms with Gasteiger partial charge in [-0.3, -0.25) is 4.79 Å². The molecular formula is C14H26N2OS2. The van der Waals surface area contributed by atoms with Crippen molar-refractivity contribution < 1.29 is 4.79 Å². The standard InChI is InChI=1S/C14H26N2OS2/c1-2-4-14(5-3-6-15-11-14)13(17)16-9-12-10-18-7-8-19-12/h12,15H,2-11H2,1H3,(H,16,17). The van der Waals surface area contributed by atoms with Gasteiger partial charge in [0.15, 0.2) is 0 Å². The molecule has 2 aliphatic rings. The predicted molar refractivity (Wildman–Crippen MR) is 86.0 cm³/mol. The van der Waals surface area contributed by atoms with Crippen LogP contribution in [0.5, 0.6) is 0 Å². The third-order valence-electron chi connectivity index (χ3n) is 4.06. The zero-order chi connectivity index (χ0) is 13.6. The van der Waals surface area contributed by atoms with E-state index in [1.807, 2.05) is 23.5 Å². The molecule has 19 heavy (non-hydrogen) atoms. The Balaban J connectivity index is 1.84. The van der Waals surface area contributed by atoms with Gasteiger partial charge in [-0.15, -0.1) is 0 Å². The van der Waals surface area contributed by atoms with Gasteiger partial charge >= 0.3 is 0 Å². The van der Waals surface area contributed by atoms with E-state index in [1.165, 1.54) is 17.3 Å². The summed E-state index contributed by atoms with van der Waals surface area (Å²) in [6, 6.07) is 0. The molecule has 0 saturated carbocycles. The van der Waals surface area contributed by atoms with Crippen LogP contribution < -0.4 is 10.6 Å². The molecular weight excluding hydrogens is 276 g/mol. The molecule has 0 aromatic carbocycles. The molecule has 2 aliphatic heterocycles. The second-order valence-electron chi connectivity index (χ2n) is 5.59. The molecule has 2 atom stereocenters. The van der Waals surface area contributed by atoms with E-state index in [1.54, 1.807) is 0 Å². The smallest absolute Gasteiger partial charge is 0.227 e. The summed E-state index contributed by atoms with van der Waals surface area (Å²) in [6.07, 6.45) is 4.27. The molecule has 0 bridgehead atoms. The monoisotopic (exact) mass is 302 g/mol. The van der Waals surface area contributed by atoms with Gasteiger partial charge < -0.3 is 10.6 Å². The fourth-order valence-electron chi connectivity index (χ4n) is 3.02. The van der Waals surface area contributed by atoms with Crippen molar-refractivity contribution in [2.45, 2.75) is 37.9 Å². The van der Waals surface area contributed by atoms with E-state index >= 15 is 0 Å². The summed E-state index contributed by atoms with van der Waals surface area (Å²) >= 11 is 4.03. The molecule has 2 heterocycles. The molecule has 1 amide bonds. The minimum atomic E-state index is -0.139. The third-order valence-corrected chi connectivity index (χ3v) is 6.90. The molecule has 0 radical (unpaired) electrons. The molecule has 2 N–H and O–H groups in total. The summed E-state index contributed by atoms with van der Waals surface area (Å²) < 4.78 is 0. The van der Waals surface area contributed by atoms with Crippen LogP contribution in [-0.4, -0.2) is 48.0 Å². The Kier molecular flexibility index (Phi) is 6.36. The Bertz CT molecular complexity index is 282. The first-order valence-corrected chi connectivity index (χ1v) is 9.65. The van der Waals surface area contributed by atoms with Gasteiger partial charge in [0.2, 0.25) is 5.91 Å². The lowest BCUT2D eigenvalue weighted by molar-refractivity contribution is -0.132. The van der Waals surface area contributed by atoms with E-state index in [4.69, 9.17) is 0 Å². The van der Waals surface area contributed by atoms with Gasteiger partial charge in [-0.1, -0.05) is 13.3 Å². The molecule has 2 fully saturated rings. The van der Waals surface area contributed by atoms with Crippen LogP contribution >= 0.6 is 23.5 Å². The summed E-state index contributed by atoms with van der Waals surface area (Å²) in [6.45, 7) is 4.95. The lowest BCUT2D eigenvalue weighted by atomic mass is 9.76. The molecule has 2 saturated heterocycles. The Hall–Kier alpha value is 0.130. The highest BCUT2D eigenvalue weighted by Gasteiger charge is 2.38. The van der Waals surface area contributed by atoms with Gasteiger partial charge in [0, 0.05) is 35.6 Å². The van der Waals surface area contributed by atoms with Gasteiger partial charge in [-0.25, -0.2) is 0 Å². The average Bonchev–Trinajstić information content (AvgIpc) is 2.47. The van der Waals surface area contributed by atoms with Gasteiger partial charge in [-0.2, -0.15) is 23.5 Å². The van der Waals surface area contributed by atoms with E-state index in [2.05, 4.69) is 17.6 Å². The van der Waals surface area contributed by atoms with E-state index < -0.39 is 0 Å². The van der Waals surface area contributed by atoms with Crippen LogP contribution in [0.4, 0.5) is 0 Å². The molecule has 0 aromatic rings. The van der Waals surface area contributed by atoms with Crippen molar-refractivity contribution >= 4 is 29.4 Å². The van der Waals surface area contributed by atoms with Crippen molar-refractivity contribution in [2.75, 3.05) is 36.9 Å². The zero-order valence-corrected chi connectivity index (χ0v) is 13.5. The number of carbonyl (C=O) groups excluding carboxylic acids is 1. The summed E-state index contributed by atoms with van der Waals surface area (Å²) in [7, 11) is 0. The average molecular weight is 303 g/mol. The lowest BCUT2D eigenvalue weighted by Gasteiger charge is -2.36. The highest BCUT2D eigenvalue weighted by Crippen LogP contribution is 2.32. The normalized spacial score (nSPS) is 31.9. The van der Waals surface area contributed by atoms with Gasteiger partial charge in [-0.05, 0) is 25.8 Å². The Morgan fingerprint density at radius 2 is 2.37 bits per heavy atom. The van der Waals surface area contributed by atoms with Crippen LogP contribution in [-0.2, 0) is 4.79 Å². The van der Waals surface area contributed by atoms with Crippen molar-refractivity contribution in [1.29, 1.82) is 0 Å². The first kappa shape index (κ1) is 15.5. The topological polar surface area (TPSA) is 41.1 Å². The maximum atomic E-state index is 12.6. The maximum Gasteiger partial charge on any atom is 0.227 e. The first-order valence-electron chi connectivity index (χ1n) is 7.45. The Morgan fingerprint density at radius 3 is 3.00 bits per heavy atom. The number of hydrogen-bond donors (Lipinski definition) is 2. The number of thioether (sulfide) groups is 2. The summed E-state index contributed by atoms with van der Waals surface area (Å²) in [4.78, 5) is 12.6. The van der Waals surface area contributed by atoms with Crippen molar-refractivity contribution in [2.24, 2.45) is 5.41 Å². The highest BCUT2D eigenvalue weighted by atomic mass is 32.2. The maximum absolute atomic E-state index is 12.6. The summed E-state index contributed by atoms with van der Waals surface area (Å²) in [5.74, 6) is 3.97. The number of amides is 1. The SMILES string of the molecule is CCCC1(C(=O)NCC2CSCCS2)CCCNC1. The minimum Gasteiger partial charge on any atom is -0.354 e. The Morgan fingerprint density at radius 1 is 1.47 bits per heavy atom. The molecule has 0 aromatic heterocycles. The van der Waals surface area contributed by atoms with Crippen LogP contribution in [0.1, 0.15) is 32.6 Å². The van der Waals surface area contributed by atoms with Gasteiger partial charge in [0.1, 0.15) is 0 Å². The number of carbonyl (C=O) groups is 1. The van der Waals surface area contributed by atoms with Crippen molar-refractivity contribution in [3.05, 3.63) is 0 Å². The second-order valence-corrected chi connectivity index (χ2v) is 8.15. The van der Waals surface area contributed by atoms with Crippen LogP contribution in [0.2, 0.25) is 0 Å². The molecule has 0 spiro atoms. The first-order chi connectivity index (χ1) is 9.27. The van der Waals surface area contributed by atoms with Gasteiger partial charge in [0.25, 0.3) is 0 Å². The lowest BCUT2D eigenvalue weighted by Crippen LogP contribution is -2.51. The van der Waals surface area contributed by atoms with E-state index in [0.717, 1.165) is 45.3 Å². The Labute approximate surface area is 125 Å². The molecule has 3 nitrogen and oxygen atoms in total. The van der Waals surface area contributed by atoms with E-state index in [0.29, 0.717) is 5.25 Å². The number of rotatable bonds is 5. The van der Waals surface area contributed by atoms with Crippen molar-refractivity contribution in [1.82, 2.24) is 10.6 Å². The van der Waals surface area contributed by atoms with Crippen LogP contribution in [0, 0.1) is 5.41 Å². The summed E-state index contributed by atoms with van der Waals surface area (Å²) in [5.41, 5.74) is -0.139. The fraction of sp³-hybridized carbons (Fsp3) is 0.929. The van der Waals surface area contributed by atoms with E-state index in [9.17, 15) is 4.79 Å². The molecule has 2 rings (SSSR count). The quantitative estimate of drug-likeness (QED) is 0.816. The molecule has 0 aliphatic carbocycles. The molecule has 5 heteroatoms. The second kappa shape index (κ2) is 7.79. The van der Waals surface area contributed by atoms with E-state index in [-0.39, 0.29) is 11.3 Å². The zero-order valence-electron chi connectivity index (χ0n) is 11.9. The minimum absolute atomic E-state index is 0.139. The van der Waals surface area contributed by atoms with Crippen LogP contribution in [0.25, 0.3) is 0 Å². The summed E-state index contributed by atoms with van der Waals surface area (Å²) in [5, 5.41) is 7.25. The van der Waals surface area contributed by atoms with Crippen LogP contribution in [0.15, 0.2) is 0 Å². The van der Waals surface area contributed by atoms with Crippen molar-refractivity contribution in [3.8, 4) is 0 Å². The largest absolute Gasteiger partial charge is 0.354 e. The molecule has 110 valence electrons. The highest BCUT2D eigenvalue weighted by molar-refractivity contribution is 8.06. The predicted octanol–water partition coefficient (Wildman–Crippen LogP) is 2.12.